The molecule has 0 unspecified atom stereocenters. The van der Waals surface area contributed by atoms with Crippen LogP contribution >= 0.6 is 11.6 Å². The number of nitrogens with one attached hydrogen (secondary N) is 1. The van der Waals surface area contributed by atoms with E-state index in [4.69, 9.17) is 16.0 Å². The number of carbonyl (C=O) groups is 1. The van der Waals surface area contributed by atoms with Crippen LogP contribution in [-0.2, 0) is 13.1 Å². The molecule has 4 rings (SSSR count). The van der Waals surface area contributed by atoms with E-state index in [2.05, 4.69) is 10.3 Å². The van der Waals surface area contributed by atoms with Crippen LogP contribution in [0.2, 0.25) is 5.02 Å². The highest BCUT2D eigenvalue weighted by Crippen LogP contribution is 2.29. The Bertz CT molecular complexity index is 1070. The smallest absolute Gasteiger partial charge is 0.287 e. The van der Waals surface area contributed by atoms with Crippen molar-refractivity contribution in [2.24, 2.45) is 0 Å². The summed E-state index contributed by atoms with van der Waals surface area (Å²) < 4.78 is 7.68. The molecule has 5 nitrogen and oxygen atoms in total. The summed E-state index contributed by atoms with van der Waals surface area (Å²) in [4.78, 5) is 16.4. The van der Waals surface area contributed by atoms with Crippen molar-refractivity contribution in [2.45, 2.75) is 13.1 Å². The Morgan fingerprint density at radius 2 is 1.82 bits per heavy atom. The van der Waals surface area contributed by atoms with Crippen molar-refractivity contribution in [1.29, 1.82) is 0 Å². The minimum absolute atomic E-state index is 0.256. The molecule has 2 aromatic heterocycles. The maximum atomic E-state index is 12.4. The number of carbonyl (C=O) groups excluding carboxylic acids is 1. The molecule has 0 spiro atoms. The van der Waals surface area contributed by atoms with Crippen LogP contribution in [0.1, 0.15) is 21.7 Å². The number of rotatable bonds is 6. The van der Waals surface area contributed by atoms with Gasteiger partial charge in [0.2, 0.25) is 0 Å². The van der Waals surface area contributed by atoms with Crippen molar-refractivity contribution in [3.05, 3.63) is 101 Å². The van der Waals surface area contributed by atoms with E-state index < -0.39 is 0 Å². The lowest BCUT2D eigenvalue weighted by Crippen LogP contribution is -2.22. The lowest BCUT2D eigenvalue weighted by Gasteiger charge is -2.06. The number of benzene rings is 2. The van der Waals surface area contributed by atoms with Gasteiger partial charge in [0.1, 0.15) is 5.76 Å². The third-order valence-electron chi connectivity index (χ3n) is 4.37. The maximum Gasteiger partial charge on any atom is 0.287 e. The molecule has 6 heteroatoms. The number of hydrogen-bond donors (Lipinski definition) is 1. The molecule has 0 saturated heterocycles. The van der Waals surface area contributed by atoms with Gasteiger partial charge < -0.3 is 14.3 Å². The molecule has 28 heavy (non-hydrogen) atoms. The largest absolute Gasteiger partial charge is 0.451 e. The Morgan fingerprint density at radius 1 is 1.04 bits per heavy atom. The first-order chi connectivity index (χ1) is 13.7. The second-order valence-electron chi connectivity index (χ2n) is 6.38. The molecule has 1 amide bonds. The van der Waals surface area contributed by atoms with Crippen molar-refractivity contribution in [3.63, 3.8) is 0 Å². The fourth-order valence-corrected chi connectivity index (χ4v) is 3.12. The minimum Gasteiger partial charge on any atom is -0.451 e. The Kier molecular flexibility index (Phi) is 5.26. The van der Waals surface area contributed by atoms with Gasteiger partial charge in [-0.1, -0.05) is 48.0 Å². The molecule has 0 aliphatic heterocycles. The third kappa shape index (κ3) is 4.15. The Balaban J connectivity index is 1.36. The number of imidazole rings is 1. The molecule has 0 aliphatic carbocycles. The van der Waals surface area contributed by atoms with Crippen molar-refractivity contribution in [1.82, 2.24) is 14.9 Å². The van der Waals surface area contributed by atoms with Crippen molar-refractivity contribution < 1.29 is 9.21 Å². The lowest BCUT2D eigenvalue weighted by atomic mass is 10.1. The number of nitrogens with zero attached hydrogens (tertiary/aromatic N) is 2. The summed E-state index contributed by atoms with van der Waals surface area (Å²) >= 11 is 6.18. The third-order valence-corrected chi connectivity index (χ3v) is 4.70. The van der Waals surface area contributed by atoms with Crippen LogP contribution in [0.15, 0.2) is 83.8 Å². The number of halogens is 1. The zero-order chi connectivity index (χ0) is 19.3. The Morgan fingerprint density at radius 3 is 2.57 bits per heavy atom. The monoisotopic (exact) mass is 391 g/mol. The molecule has 0 bridgehead atoms. The molecule has 4 aromatic rings. The summed E-state index contributed by atoms with van der Waals surface area (Å²) in [6, 6.07) is 18.9. The zero-order valence-corrected chi connectivity index (χ0v) is 15.8. The molecule has 0 atom stereocenters. The lowest BCUT2D eigenvalue weighted by molar-refractivity contribution is 0.0924. The number of furan rings is 1. The second kappa shape index (κ2) is 8.15. The van der Waals surface area contributed by atoms with E-state index in [1.165, 1.54) is 5.56 Å². The van der Waals surface area contributed by atoms with E-state index in [-0.39, 0.29) is 11.7 Å². The van der Waals surface area contributed by atoms with Gasteiger partial charge in [-0.15, -0.1) is 0 Å². The van der Waals surface area contributed by atoms with Gasteiger partial charge in [-0.2, -0.15) is 0 Å². The van der Waals surface area contributed by atoms with Crippen LogP contribution in [0.5, 0.6) is 0 Å². The maximum absolute atomic E-state index is 12.4. The summed E-state index contributed by atoms with van der Waals surface area (Å²) in [6.07, 6.45) is 5.47. The summed E-state index contributed by atoms with van der Waals surface area (Å²) in [5, 5.41) is 3.46. The Hall–Kier alpha value is -3.31. The first kappa shape index (κ1) is 18.1. The standard InChI is InChI=1S/C22H18ClN3O2/c23-19-4-2-1-3-18(19)20-9-10-21(28-20)22(27)25-13-16-5-7-17(8-6-16)14-26-12-11-24-15-26/h1-12,15H,13-14H2,(H,25,27). The molecule has 0 saturated carbocycles. The quantitative estimate of drug-likeness (QED) is 0.514. The van der Waals surface area contributed by atoms with Gasteiger partial charge >= 0.3 is 0 Å². The van der Waals surface area contributed by atoms with Crippen molar-refractivity contribution >= 4 is 17.5 Å². The van der Waals surface area contributed by atoms with Gasteiger partial charge in [0.15, 0.2) is 5.76 Å². The van der Waals surface area contributed by atoms with Crippen LogP contribution in [0.3, 0.4) is 0 Å². The molecule has 0 radical (unpaired) electrons. The van der Waals surface area contributed by atoms with Crippen LogP contribution in [-0.4, -0.2) is 15.5 Å². The first-order valence-electron chi connectivity index (χ1n) is 8.85. The van der Waals surface area contributed by atoms with E-state index in [0.29, 0.717) is 17.3 Å². The van der Waals surface area contributed by atoms with Gasteiger partial charge in [-0.25, -0.2) is 4.98 Å². The fourth-order valence-electron chi connectivity index (χ4n) is 2.89. The summed E-state index contributed by atoms with van der Waals surface area (Å²) in [6.45, 7) is 1.19. The predicted molar refractivity (Wildman–Crippen MR) is 108 cm³/mol. The van der Waals surface area contributed by atoms with Crippen LogP contribution < -0.4 is 5.32 Å². The van der Waals surface area contributed by atoms with E-state index in [1.807, 2.05) is 53.2 Å². The summed E-state index contributed by atoms with van der Waals surface area (Å²) in [7, 11) is 0. The molecule has 140 valence electrons. The molecule has 0 aliphatic rings. The molecular weight excluding hydrogens is 374 g/mol. The normalized spacial score (nSPS) is 10.8. The highest BCUT2D eigenvalue weighted by atomic mass is 35.5. The van der Waals surface area contributed by atoms with Crippen LogP contribution in [0, 0.1) is 0 Å². The fraction of sp³-hybridized carbons (Fsp3) is 0.0909. The SMILES string of the molecule is O=C(NCc1ccc(Cn2ccnc2)cc1)c1ccc(-c2ccccc2Cl)o1. The number of aromatic nitrogens is 2. The van der Waals surface area contributed by atoms with E-state index in [9.17, 15) is 4.79 Å². The average Bonchev–Trinajstić information content (AvgIpc) is 3.40. The van der Waals surface area contributed by atoms with Crippen LogP contribution in [0.4, 0.5) is 0 Å². The van der Waals surface area contributed by atoms with Gasteiger partial charge in [0, 0.05) is 31.0 Å². The molecule has 1 N–H and O–H groups in total. The topological polar surface area (TPSA) is 60.1 Å². The second-order valence-corrected chi connectivity index (χ2v) is 6.79. The van der Waals surface area contributed by atoms with Crippen LogP contribution in [0.25, 0.3) is 11.3 Å². The molecular formula is C22H18ClN3O2. The van der Waals surface area contributed by atoms with E-state index in [0.717, 1.165) is 17.7 Å². The molecule has 2 heterocycles. The highest BCUT2D eigenvalue weighted by Gasteiger charge is 2.13. The molecule has 2 aromatic carbocycles. The number of amides is 1. The van der Waals surface area contributed by atoms with Gasteiger partial charge in [0.05, 0.1) is 11.3 Å². The summed E-state index contributed by atoms with van der Waals surface area (Å²) in [5.74, 6) is 0.562. The van der Waals surface area contributed by atoms with Crippen molar-refractivity contribution in [3.8, 4) is 11.3 Å². The van der Waals surface area contributed by atoms with E-state index in [1.54, 1.807) is 30.7 Å². The summed E-state index contributed by atoms with van der Waals surface area (Å²) in [5.41, 5.74) is 2.95. The minimum atomic E-state index is -0.263. The van der Waals surface area contributed by atoms with Crippen molar-refractivity contribution in [2.75, 3.05) is 0 Å². The highest BCUT2D eigenvalue weighted by molar-refractivity contribution is 6.33. The zero-order valence-electron chi connectivity index (χ0n) is 15.0. The van der Waals surface area contributed by atoms with Gasteiger partial charge in [0.25, 0.3) is 5.91 Å². The molecule has 0 fully saturated rings. The average molecular weight is 392 g/mol. The van der Waals surface area contributed by atoms with E-state index >= 15 is 0 Å². The first-order valence-corrected chi connectivity index (χ1v) is 9.23. The number of hydrogen-bond acceptors (Lipinski definition) is 3. The van der Waals surface area contributed by atoms with Gasteiger partial charge in [-0.3, -0.25) is 4.79 Å². The predicted octanol–water partition coefficient (Wildman–Crippen LogP) is 4.77. The Labute approximate surface area is 167 Å². The van der Waals surface area contributed by atoms with Gasteiger partial charge in [-0.05, 0) is 35.4 Å².